The van der Waals surface area contributed by atoms with E-state index in [4.69, 9.17) is 11.6 Å². The third-order valence-corrected chi connectivity index (χ3v) is 26.8. The van der Waals surface area contributed by atoms with Crippen molar-refractivity contribution in [1.82, 2.24) is 44.8 Å². The lowest BCUT2D eigenvalue weighted by atomic mass is 9.71. The van der Waals surface area contributed by atoms with E-state index in [1.165, 1.54) is 35.0 Å². The Morgan fingerprint density at radius 2 is 1.48 bits per heavy atom. The SMILES string of the molecule is Cc1ncsc1-c1ccc([C@H](C)NC(=O)[C@@H]2C[C@@H](O)CN2C(=O)[C@@H](NCCCCCCCC(=O)N2CCN(C[C@]3(C)CCC(c4ccc(Cl)cc4)=C(CN4CCN(c5ccc(C(=O)NS(=O)(=O)c6ccc(N[C@H](CCN(C)CCO)CSc7ccccc7)c(S(=O)(=O)C(F)(F)F)c6)cc5)CC4)C3)CC2)C(C)(C)C)cc1. The molecule has 0 bridgehead atoms. The molecule has 10 rings (SSSR count). The third-order valence-electron chi connectivity index (χ3n) is 21.5. The number of benzene rings is 5. The number of unbranched alkanes of at least 4 members (excludes halogenated alkanes) is 4. The predicted molar refractivity (Wildman–Crippen MR) is 430 cm³/mol. The van der Waals surface area contributed by atoms with Crippen molar-refractivity contribution in [3.8, 4) is 10.4 Å². The second kappa shape index (κ2) is 38.2. The molecule has 6 atom stereocenters. The number of aromatic nitrogens is 1. The van der Waals surface area contributed by atoms with Crippen LogP contribution >= 0.6 is 34.7 Å². The first-order chi connectivity index (χ1) is 52.3. The number of sulfone groups is 1. The summed E-state index contributed by atoms with van der Waals surface area (Å²) in [7, 11) is -9.29. The number of aryl methyl sites for hydroxylation is 1. The summed E-state index contributed by atoms with van der Waals surface area (Å²) >= 11 is 9.38. The number of halogens is 4. The number of carbonyl (C=O) groups is 4. The first kappa shape index (κ1) is 85.5. The van der Waals surface area contributed by atoms with Crippen LogP contribution in [0, 0.1) is 17.8 Å². The minimum Gasteiger partial charge on any atom is -0.395 e. The number of β-amino-alcohol motifs (C(OH)–C–C–N with tert-alkyl or cyclic N) is 1. The molecule has 3 saturated heterocycles. The topological polar surface area (TPSA) is 257 Å². The highest BCUT2D eigenvalue weighted by molar-refractivity contribution is 7.99. The number of carbonyl (C=O) groups excluding carboxylic acids is 4. The van der Waals surface area contributed by atoms with E-state index >= 15 is 0 Å². The Morgan fingerprint density at radius 1 is 0.818 bits per heavy atom. The standard InChI is InChI=1S/C81H107ClF3N11O10S4/c1-56(58-19-21-60(22-20-58)74-57(2)87-55-108-74)88-77(101)71-48-66(98)52-96(71)78(102)75(79(3,4)5)86-36-15-10-8-9-14-18-73(99)95-44-40-93(41-45-95)54-80(6)35-33-69(59-23-27-63(82)28-24-59)62(50-80)51-92-38-42-94(43-39-92)65-29-25-61(26-30-65)76(100)90-110(105,106)68-31-32-70(72(49-68)109(103,104)81(83,84)85)89-64(34-37-91(7)46-47-97)53-107-67-16-12-11-13-17-67/h11-13,16-17,19-32,49,55-56,64,66,71,75,86,89,97-98H,8-10,14-15,18,33-48,50-54H2,1-7H3,(H,88,101)(H,90,100)/t56-,64+,66+,71-,75+,80+/m0/s1. The van der Waals surface area contributed by atoms with Gasteiger partial charge in [0.25, 0.3) is 25.8 Å². The highest BCUT2D eigenvalue weighted by Crippen LogP contribution is 2.45. The summed E-state index contributed by atoms with van der Waals surface area (Å²) < 4.78 is 98.9. The van der Waals surface area contributed by atoms with Crippen LogP contribution in [0.25, 0.3) is 16.0 Å². The molecular weight excluding hydrogens is 1510 g/mol. The van der Waals surface area contributed by atoms with Crippen molar-refractivity contribution in [1.29, 1.82) is 0 Å². The Balaban J connectivity index is 0.660. The molecule has 4 heterocycles. The summed E-state index contributed by atoms with van der Waals surface area (Å²) in [5, 5.41) is 30.5. The fourth-order valence-electron chi connectivity index (χ4n) is 15.2. The van der Waals surface area contributed by atoms with Gasteiger partial charge in [0.15, 0.2) is 0 Å². The van der Waals surface area contributed by atoms with Gasteiger partial charge in [-0.15, -0.1) is 23.1 Å². The number of nitrogens with zero attached hydrogens (tertiary/aromatic N) is 7. The quantitative estimate of drug-likeness (QED) is 0.0162. The zero-order valence-electron chi connectivity index (χ0n) is 64.0. The summed E-state index contributed by atoms with van der Waals surface area (Å²) in [5.74, 6) is -1.06. The molecule has 29 heteroatoms. The molecule has 6 N–H and O–H groups in total. The average molecular weight is 1620 g/mol. The van der Waals surface area contributed by atoms with Crippen molar-refractivity contribution in [2.45, 2.75) is 163 Å². The van der Waals surface area contributed by atoms with E-state index in [1.807, 2.05) is 121 Å². The number of aliphatic hydroxyl groups is 2. The maximum atomic E-state index is 14.3. The fourth-order valence-corrected chi connectivity index (χ4v) is 19.1. The number of hydrogen-bond acceptors (Lipinski definition) is 19. The number of amides is 4. The van der Waals surface area contributed by atoms with Gasteiger partial charge in [-0.2, -0.15) is 13.2 Å². The van der Waals surface area contributed by atoms with E-state index < -0.39 is 76.4 Å². The molecule has 4 amide bonds. The van der Waals surface area contributed by atoms with Gasteiger partial charge in [-0.05, 0) is 172 Å². The lowest BCUT2D eigenvalue weighted by Gasteiger charge is -2.44. The molecule has 6 aromatic rings. The number of likely N-dealkylation sites (tertiary alicyclic amines) is 1. The number of aliphatic hydroxyl groups excluding tert-OH is 2. The van der Waals surface area contributed by atoms with Crippen LogP contribution in [0.5, 0.6) is 0 Å². The molecule has 0 radical (unpaired) electrons. The summed E-state index contributed by atoms with van der Waals surface area (Å²) in [6.45, 7) is 21.1. The van der Waals surface area contributed by atoms with Gasteiger partial charge < -0.3 is 45.8 Å². The zero-order chi connectivity index (χ0) is 79.1. The van der Waals surface area contributed by atoms with Gasteiger partial charge >= 0.3 is 5.51 Å². The Hall–Kier alpha value is -6.96. The molecule has 1 aromatic heterocycles. The van der Waals surface area contributed by atoms with Crippen LogP contribution in [-0.2, 0) is 34.2 Å². The van der Waals surface area contributed by atoms with Crippen LogP contribution < -0.4 is 25.6 Å². The van der Waals surface area contributed by atoms with Crippen molar-refractivity contribution in [2.75, 3.05) is 121 Å². The molecule has 3 aliphatic heterocycles. The van der Waals surface area contributed by atoms with E-state index in [-0.39, 0.29) is 54.3 Å². The van der Waals surface area contributed by atoms with Gasteiger partial charge in [-0.25, -0.2) is 26.5 Å². The highest BCUT2D eigenvalue weighted by atomic mass is 35.5. The average Bonchev–Trinajstić information content (AvgIpc) is 0.874. The Labute approximate surface area is 660 Å². The van der Waals surface area contributed by atoms with Crippen LogP contribution in [0.15, 0.2) is 147 Å². The summed E-state index contributed by atoms with van der Waals surface area (Å²) in [4.78, 5) is 72.1. The molecule has 1 aliphatic carbocycles. The molecular formula is C81H107ClF3N11O10S4. The summed E-state index contributed by atoms with van der Waals surface area (Å²) in [6, 6.07) is 31.8. The van der Waals surface area contributed by atoms with Crippen molar-refractivity contribution in [3.63, 3.8) is 0 Å². The highest BCUT2D eigenvalue weighted by Gasteiger charge is 2.49. The van der Waals surface area contributed by atoms with Crippen LogP contribution in [0.4, 0.5) is 24.5 Å². The number of hydrogen-bond donors (Lipinski definition) is 6. The van der Waals surface area contributed by atoms with Crippen LogP contribution in [0.2, 0.25) is 5.02 Å². The molecule has 0 spiro atoms. The molecule has 5 aromatic carbocycles. The van der Waals surface area contributed by atoms with E-state index in [0.717, 1.165) is 141 Å². The second-order valence-electron chi connectivity index (χ2n) is 31.2. The van der Waals surface area contributed by atoms with Gasteiger partial charge in [0.1, 0.15) is 10.9 Å². The maximum Gasteiger partial charge on any atom is 0.501 e. The number of likely N-dealkylation sites (N-methyl/N-ethyl adjacent to an activating group) is 1. The Kier molecular flexibility index (Phi) is 29.7. The minimum absolute atomic E-state index is 0.00908. The van der Waals surface area contributed by atoms with E-state index in [0.29, 0.717) is 75.5 Å². The van der Waals surface area contributed by atoms with Crippen molar-refractivity contribution < 1.29 is 59.4 Å². The molecule has 598 valence electrons. The first-order valence-electron chi connectivity index (χ1n) is 38.1. The smallest absolute Gasteiger partial charge is 0.395 e. The molecule has 4 aliphatic rings. The predicted octanol–water partition coefficient (Wildman–Crippen LogP) is 12.2. The summed E-state index contributed by atoms with van der Waals surface area (Å²) in [5.41, 5.74) is 2.72. The number of anilines is 2. The lowest BCUT2D eigenvalue weighted by Crippen LogP contribution is -2.56. The minimum atomic E-state index is -6.12. The van der Waals surface area contributed by atoms with Crippen molar-refractivity contribution in [3.05, 3.63) is 160 Å². The van der Waals surface area contributed by atoms with E-state index in [1.54, 1.807) is 35.4 Å². The number of sulfonamides is 1. The number of nitrogens with one attached hydrogen (secondary N) is 4. The molecule has 0 unspecified atom stereocenters. The molecule has 110 heavy (non-hydrogen) atoms. The normalized spacial score (nSPS) is 19.4. The molecule has 3 fully saturated rings. The zero-order valence-corrected chi connectivity index (χ0v) is 68.1. The Bertz CT molecular complexity index is 4350. The number of thiazole rings is 1. The number of thioether (sulfide) groups is 1. The second-order valence-corrected chi connectivity index (χ2v) is 37.1. The van der Waals surface area contributed by atoms with E-state index in [9.17, 15) is 59.4 Å². The number of allylic oxidation sites excluding steroid dienone is 1. The van der Waals surface area contributed by atoms with Crippen LogP contribution in [-0.4, -0.2) is 221 Å². The maximum absolute atomic E-state index is 14.3. The molecule has 0 saturated carbocycles. The Morgan fingerprint density at radius 3 is 2.14 bits per heavy atom. The fraction of sp³-hybridized carbons (Fsp3) is 0.519. The van der Waals surface area contributed by atoms with Gasteiger partial charge in [0.05, 0.1) is 51.5 Å². The number of piperazine rings is 2. The van der Waals surface area contributed by atoms with Crippen LogP contribution in [0.1, 0.15) is 138 Å². The van der Waals surface area contributed by atoms with Gasteiger partial charge in [-0.1, -0.05) is 119 Å². The van der Waals surface area contributed by atoms with Gasteiger partial charge in [0, 0.05) is 124 Å². The number of alkyl halides is 3. The monoisotopic (exact) mass is 1610 g/mol. The van der Waals surface area contributed by atoms with Gasteiger partial charge in [0.2, 0.25) is 17.7 Å². The lowest BCUT2D eigenvalue weighted by molar-refractivity contribution is -0.142. The van der Waals surface area contributed by atoms with Crippen molar-refractivity contribution in [2.24, 2.45) is 10.8 Å². The van der Waals surface area contributed by atoms with Crippen LogP contribution in [0.3, 0.4) is 0 Å². The number of rotatable bonds is 34. The largest absolute Gasteiger partial charge is 0.501 e. The van der Waals surface area contributed by atoms with Crippen molar-refractivity contribution >= 4 is 95.1 Å². The van der Waals surface area contributed by atoms with E-state index in [2.05, 4.69) is 54.7 Å². The molecule has 21 nitrogen and oxygen atoms in total. The van der Waals surface area contributed by atoms with Gasteiger partial charge in [-0.3, -0.25) is 29.0 Å². The summed E-state index contributed by atoms with van der Waals surface area (Å²) in [6.07, 6.45) is 7.50. The first-order valence-corrected chi connectivity index (χ1v) is 43.3. The third kappa shape index (κ3) is 22.9.